The minimum Gasteiger partial charge on any atom is -0.356 e. The van der Waals surface area contributed by atoms with Gasteiger partial charge in [-0.25, -0.2) is 0 Å². The summed E-state index contributed by atoms with van der Waals surface area (Å²) in [6.07, 6.45) is 8.45. The number of nitrogens with one attached hydrogen (secondary N) is 1. The van der Waals surface area contributed by atoms with E-state index in [1.54, 1.807) is 0 Å². The second-order valence-electron chi connectivity index (χ2n) is 6.05. The van der Waals surface area contributed by atoms with Gasteiger partial charge in [-0.1, -0.05) is 33.1 Å². The first-order chi connectivity index (χ1) is 8.63. The smallest absolute Gasteiger partial charge is 0.222 e. The molecular weight excluding hydrogens is 224 g/mol. The highest BCUT2D eigenvalue weighted by Gasteiger charge is 2.19. The number of carbonyl (C=O) groups excluding carboxylic acids is 1. The molecule has 0 aromatic carbocycles. The lowest BCUT2D eigenvalue weighted by Gasteiger charge is -2.26. The fourth-order valence-corrected chi connectivity index (χ4v) is 2.95. The molecule has 3 atom stereocenters. The fourth-order valence-electron chi connectivity index (χ4n) is 2.95. The molecule has 3 nitrogen and oxygen atoms in total. The van der Waals surface area contributed by atoms with Crippen LogP contribution in [-0.2, 0) is 4.79 Å². The fraction of sp³-hybridized carbons (Fsp3) is 0.933. The first-order valence-corrected chi connectivity index (χ1v) is 7.61. The largest absolute Gasteiger partial charge is 0.356 e. The van der Waals surface area contributed by atoms with Crippen molar-refractivity contribution in [2.75, 3.05) is 13.1 Å². The van der Waals surface area contributed by atoms with Gasteiger partial charge in [0.1, 0.15) is 0 Å². The second kappa shape index (κ2) is 8.52. The lowest BCUT2D eigenvalue weighted by molar-refractivity contribution is -0.124. The lowest BCUT2D eigenvalue weighted by Crippen LogP contribution is -2.31. The van der Waals surface area contributed by atoms with Crippen LogP contribution in [-0.4, -0.2) is 19.0 Å². The van der Waals surface area contributed by atoms with E-state index in [0.717, 1.165) is 37.6 Å². The van der Waals surface area contributed by atoms with Gasteiger partial charge in [0.25, 0.3) is 0 Å². The molecule has 1 saturated carbocycles. The van der Waals surface area contributed by atoms with Gasteiger partial charge in [0.15, 0.2) is 0 Å². The summed E-state index contributed by atoms with van der Waals surface area (Å²) in [5, 5.41) is 3.07. The summed E-state index contributed by atoms with van der Waals surface area (Å²) in [7, 11) is 0. The van der Waals surface area contributed by atoms with E-state index in [2.05, 4.69) is 12.2 Å². The summed E-state index contributed by atoms with van der Waals surface area (Å²) in [6.45, 7) is 5.87. The molecule has 3 unspecified atom stereocenters. The first kappa shape index (κ1) is 15.5. The summed E-state index contributed by atoms with van der Waals surface area (Å²) < 4.78 is 0. The van der Waals surface area contributed by atoms with Gasteiger partial charge in [0.05, 0.1) is 0 Å². The van der Waals surface area contributed by atoms with Gasteiger partial charge < -0.3 is 11.1 Å². The molecule has 1 amide bonds. The average molecular weight is 254 g/mol. The maximum atomic E-state index is 11.8. The third-order valence-corrected chi connectivity index (χ3v) is 4.19. The highest BCUT2D eigenvalue weighted by Crippen LogP contribution is 2.30. The molecule has 3 heteroatoms. The Bertz CT molecular complexity index is 243. The Labute approximate surface area is 112 Å². The van der Waals surface area contributed by atoms with Crippen molar-refractivity contribution in [2.45, 2.75) is 58.8 Å². The number of hydrogen-bond donors (Lipinski definition) is 2. The van der Waals surface area contributed by atoms with Gasteiger partial charge in [-0.2, -0.15) is 0 Å². The summed E-state index contributed by atoms with van der Waals surface area (Å²) in [6, 6.07) is 0. The highest BCUT2D eigenvalue weighted by molar-refractivity contribution is 5.78. The maximum absolute atomic E-state index is 11.8. The monoisotopic (exact) mass is 254 g/mol. The second-order valence-corrected chi connectivity index (χ2v) is 6.05. The Hall–Kier alpha value is -0.570. The van der Waals surface area contributed by atoms with Gasteiger partial charge in [-0.15, -0.1) is 0 Å². The molecule has 0 aliphatic heterocycles. The minimum absolute atomic E-state index is 0.110. The first-order valence-electron chi connectivity index (χ1n) is 7.61. The molecule has 0 saturated heterocycles. The predicted octanol–water partition coefficient (Wildman–Crippen LogP) is 2.69. The van der Waals surface area contributed by atoms with Gasteiger partial charge in [-0.3, -0.25) is 4.79 Å². The average Bonchev–Trinajstić information content (AvgIpc) is 2.35. The Morgan fingerprint density at radius 2 is 2.22 bits per heavy atom. The van der Waals surface area contributed by atoms with Crippen LogP contribution in [0.2, 0.25) is 0 Å². The number of hydrogen-bond acceptors (Lipinski definition) is 2. The molecule has 1 fully saturated rings. The van der Waals surface area contributed by atoms with E-state index in [1.807, 2.05) is 6.92 Å². The summed E-state index contributed by atoms with van der Waals surface area (Å²) in [5.74, 6) is 2.02. The van der Waals surface area contributed by atoms with E-state index < -0.39 is 0 Å². The van der Waals surface area contributed by atoms with E-state index in [0.29, 0.717) is 6.54 Å². The van der Waals surface area contributed by atoms with Gasteiger partial charge >= 0.3 is 0 Å². The molecular formula is C15H30N2O. The molecule has 0 aromatic heterocycles. The molecule has 0 aromatic rings. The Balaban J connectivity index is 2.11. The zero-order valence-corrected chi connectivity index (χ0v) is 12.1. The van der Waals surface area contributed by atoms with Gasteiger partial charge in [0, 0.05) is 12.5 Å². The lowest BCUT2D eigenvalue weighted by atomic mass is 9.81. The maximum Gasteiger partial charge on any atom is 0.222 e. The van der Waals surface area contributed by atoms with Crippen molar-refractivity contribution in [3.8, 4) is 0 Å². The van der Waals surface area contributed by atoms with Crippen LogP contribution < -0.4 is 11.1 Å². The number of rotatable bonds is 7. The molecule has 0 heterocycles. The molecule has 1 aliphatic carbocycles. The Morgan fingerprint density at radius 3 is 2.89 bits per heavy atom. The molecule has 0 bridgehead atoms. The predicted molar refractivity (Wildman–Crippen MR) is 76.2 cm³/mol. The topological polar surface area (TPSA) is 55.1 Å². The quantitative estimate of drug-likeness (QED) is 0.734. The Morgan fingerprint density at radius 1 is 1.44 bits per heavy atom. The van der Waals surface area contributed by atoms with E-state index in [1.165, 1.54) is 25.7 Å². The van der Waals surface area contributed by atoms with Crippen LogP contribution in [0.1, 0.15) is 58.8 Å². The number of nitrogens with two attached hydrogens (primary N) is 1. The standard InChI is InChI=1S/C15H30N2O/c1-12-5-3-7-14(11-12)8-10-17-15(18)13(2)6-4-9-16/h12-14H,3-11,16H2,1-2H3,(H,17,18). The summed E-state index contributed by atoms with van der Waals surface area (Å²) in [4.78, 5) is 11.8. The van der Waals surface area contributed by atoms with Gasteiger partial charge in [-0.05, 0) is 44.1 Å². The summed E-state index contributed by atoms with van der Waals surface area (Å²) >= 11 is 0. The van der Waals surface area contributed by atoms with Crippen molar-refractivity contribution in [1.29, 1.82) is 0 Å². The SMILES string of the molecule is CC1CCCC(CCNC(=O)C(C)CCCN)C1. The van der Waals surface area contributed by atoms with E-state index in [-0.39, 0.29) is 11.8 Å². The van der Waals surface area contributed by atoms with E-state index in [4.69, 9.17) is 5.73 Å². The van der Waals surface area contributed by atoms with Crippen molar-refractivity contribution in [2.24, 2.45) is 23.5 Å². The molecule has 106 valence electrons. The highest BCUT2D eigenvalue weighted by atomic mass is 16.1. The molecule has 3 N–H and O–H groups in total. The van der Waals surface area contributed by atoms with Crippen LogP contribution in [0, 0.1) is 17.8 Å². The zero-order chi connectivity index (χ0) is 13.4. The van der Waals surface area contributed by atoms with Crippen LogP contribution in [0.15, 0.2) is 0 Å². The normalized spacial score (nSPS) is 25.7. The van der Waals surface area contributed by atoms with Crippen molar-refractivity contribution >= 4 is 5.91 Å². The molecule has 0 radical (unpaired) electrons. The number of amides is 1. The zero-order valence-electron chi connectivity index (χ0n) is 12.1. The minimum atomic E-state index is 0.110. The molecule has 18 heavy (non-hydrogen) atoms. The van der Waals surface area contributed by atoms with Crippen LogP contribution in [0.5, 0.6) is 0 Å². The van der Waals surface area contributed by atoms with Crippen LogP contribution in [0.25, 0.3) is 0 Å². The van der Waals surface area contributed by atoms with Crippen LogP contribution in [0.4, 0.5) is 0 Å². The Kier molecular flexibility index (Phi) is 7.33. The number of carbonyl (C=O) groups is 1. The molecule has 0 spiro atoms. The van der Waals surface area contributed by atoms with Crippen molar-refractivity contribution < 1.29 is 4.79 Å². The third-order valence-electron chi connectivity index (χ3n) is 4.19. The van der Waals surface area contributed by atoms with Gasteiger partial charge in [0.2, 0.25) is 5.91 Å². The van der Waals surface area contributed by atoms with Crippen LogP contribution in [0.3, 0.4) is 0 Å². The van der Waals surface area contributed by atoms with E-state index in [9.17, 15) is 4.79 Å². The summed E-state index contributed by atoms with van der Waals surface area (Å²) in [5.41, 5.74) is 5.46. The molecule has 1 rings (SSSR count). The molecule has 1 aliphatic rings. The van der Waals surface area contributed by atoms with Crippen molar-refractivity contribution in [1.82, 2.24) is 5.32 Å². The van der Waals surface area contributed by atoms with Crippen molar-refractivity contribution in [3.63, 3.8) is 0 Å². The van der Waals surface area contributed by atoms with E-state index >= 15 is 0 Å². The van der Waals surface area contributed by atoms with Crippen LogP contribution >= 0.6 is 0 Å². The third kappa shape index (κ3) is 5.85. The van der Waals surface area contributed by atoms with Crippen molar-refractivity contribution in [3.05, 3.63) is 0 Å².